The molecule has 1 aliphatic carbocycles. The molecule has 1 aliphatic heterocycles. The molecule has 1 heterocycles. The molecule has 0 bridgehead atoms. The maximum absolute atomic E-state index is 13.5. The summed E-state index contributed by atoms with van der Waals surface area (Å²) in [5.41, 5.74) is 2.92. The monoisotopic (exact) mass is 486 g/mol. The first-order valence-electron chi connectivity index (χ1n) is 10.5. The SMILES string of the molecule is COC(=O)c1ccc2c(c1)N(C(C)=O)C(c1ccc(Cl)cc1Cl)C1=C(CC(C)(C)CC1=O)N2. The topological polar surface area (TPSA) is 75.7 Å². The van der Waals surface area contributed by atoms with Gasteiger partial charge in [-0.15, -0.1) is 0 Å². The lowest BCUT2D eigenvalue weighted by Gasteiger charge is -2.37. The summed E-state index contributed by atoms with van der Waals surface area (Å²) >= 11 is 12.7. The van der Waals surface area contributed by atoms with Crippen LogP contribution < -0.4 is 10.2 Å². The summed E-state index contributed by atoms with van der Waals surface area (Å²) in [6, 6.07) is 9.17. The molecule has 33 heavy (non-hydrogen) atoms. The average molecular weight is 487 g/mol. The van der Waals surface area contributed by atoms with Crippen molar-refractivity contribution in [2.75, 3.05) is 17.3 Å². The van der Waals surface area contributed by atoms with Crippen molar-refractivity contribution < 1.29 is 19.1 Å². The number of hydrogen-bond donors (Lipinski definition) is 1. The van der Waals surface area contributed by atoms with Crippen LogP contribution in [0.3, 0.4) is 0 Å². The van der Waals surface area contributed by atoms with Crippen LogP contribution in [0.1, 0.15) is 55.6 Å². The minimum absolute atomic E-state index is 0.0583. The van der Waals surface area contributed by atoms with Gasteiger partial charge >= 0.3 is 5.97 Å². The second kappa shape index (κ2) is 8.50. The van der Waals surface area contributed by atoms with Gasteiger partial charge < -0.3 is 10.1 Å². The summed E-state index contributed by atoms with van der Waals surface area (Å²) in [5.74, 6) is -0.888. The molecule has 0 aromatic heterocycles. The van der Waals surface area contributed by atoms with Crippen molar-refractivity contribution in [3.05, 3.63) is 68.8 Å². The first-order chi connectivity index (χ1) is 15.5. The van der Waals surface area contributed by atoms with Gasteiger partial charge in [-0.1, -0.05) is 43.1 Å². The van der Waals surface area contributed by atoms with E-state index in [2.05, 4.69) is 5.32 Å². The number of esters is 1. The van der Waals surface area contributed by atoms with E-state index in [9.17, 15) is 14.4 Å². The number of carbonyl (C=O) groups excluding carboxylic acids is 3. The molecule has 8 heteroatoms. The number of halogens is 2. The Kier molecular flexibility index (Phi) is 6.01. The van der Waals surface area contributed by atoms with E-state index >= 15 is 0 Å². The van der Waals surface area contributed by atoms with Gasteiger partial charge in [0.15, 0.2) is 5.78 Å². The van der Waals surface area contributed by atoms with Gasteiger partial charge in [-0.3, -0.25) is 14.5 Å². The van der Waals surface area contributed by atoms with Crippen LogP contribution in [0, 0.1) is 5.41 Å². The molecule has 1 N–H and O–H groups in total. The second-order valence-electron chi connectivity index (χ2n) is 9.14. The molecule has 6 nitrogen and oxygen atoms in total. The quantitative estimate of drug-likeness (QED) is 0.531. The van der Waals surface area contributed by atoms with Crippen LogP contribution >= 0.6 is 23.2 Å². The van der Waals surface area contributed by atoms with Gasteiger partial charge in [0.2, 0.25) is 5.91 Å². The number of nitrogens with zero attached hydrogens (tertiary/aromatic N) is 1. The number of anilines is 2. The van der Waals surface area contributed by atoms with Crippen molar-refractivity contribution in [3.63, 3.8) is 0 Å². The molecule has 0 saturated heterocycles. The number of ketones is 1. The van der Waals surface area contributed by atoms with Gasteiger partial charge in [-0.25, -0.2) is 4.79 Å². The molecule has 1 unspecified atom stereocenters. The van der Waals surface area contributed by atoms with Gasteiger partial charge in [0, 0.05) is 34.7 Å². The number of ether oxygens (including phenoxy) is 1. The van der Waals surface area contributed by atoms with Crippen LogP contribution in [0.25, 0.3) is 0 Å². The number of allylic oxidation sites excluding steroid dienone is 1. The Balaban J connectivity index is 2.04. The van der Waals surface area contributed by atoms with Gasteiger partial charge in [-0.05, 0) is 47.7 Å². The van der Waals surface area contributed by atoms with Crippen molar-refractivity contribution in [1.82, 2.24) is 0 Å². The molecular weight excluding hydrogens is 463 g/mol. The molecule has 0 saturated carbocycles. The highest BCUT2D eigenvalue weighted by Crippen LogP contribution is 2.49. The van der Waals surface area contributed by atoms with Crippen molar-refractivity contribution in [2.24, 2.45) is 5.41 Å². The highest BCUT2D eigenvalue weighted by Gasteiger charge is 2.43. The van der Waals surface area contributed by atoms with Crippen molar-refractivity contribution in [2.45, 2.75) is 39.7 Å². The minimum Gasteiger partial charge on any atom is -0.465 e. The maximum Gasteiger partial charge on any atom is 0.337 e. The van der Waals surface area contributed by atoms with E-state index in [1.807, 2.05) is 13.8 Å². The van der Waals surface area contributed by atoms with E-state index < -0.39 is 12.0 Å². The van der Waals surface area contributed by atoms with Gasteiger partial charge in [-0.2, -0.15) is 0 Å². The van der Waals surface area contributed by atoms with E-state index in [4.69, 9.17) is 27.9 Å². The highest BCUT2D eigenvalue weighted by atomic mass is 35.5. The first-order valence-corrected chi connectivity index (χ1v) is 11.3. The van der Waals surface area contributed by atoms with Crippen LogP contribution in [0.15, 0.2) is 47.7 Å². The summed E-state index contributed by atoms with van der Waals surface area (Å²) < 4.78 is 4.87. The molecule has 2 aromatic carbocycles. The van der Waals surface area contributed by atoms with E-state index in [-0.39, 0.29) is 22.7 Å². The smallest absolute Gasteiger partial charge is 0.337 e. The summed E-state index contributed by atoms with van der Waals surface area (Å²) in [6.45, 7) is 5.50. The number of benzene rings is 2. The molecule has 0 radical (unpaired) electrons. The highest BCUT2D eigenvalue weighted by molar-refractivity contribution is 6.35. The molecule has 0 spiro atoms. The largest absolute Gasteiger partial charge is 0.465 e. The summed E-state index contributed by atoms with van der Waals surface area (Å²) in [7, 11) is 1.30. The van der Waals surface area contributed by atoms with Crippen molar-refractivity contribution >= 4 is 52.2 Å². The lowest BCUT2D eigenvalue weighted by Crippen LogP contribution is -2.38. The van der Waals surface area contributed by atoms with Crippen LogP contribution in [-0.4, -0.2) is 24.8 Å². The van der Waals surface area contributed by atoms with Crippen LogP contribution in [0.5, 0.6) is 0 Å². The number of hydrogen-bond acceptors (Lipinski definition) is 5. The van der Waals surface area contributed by atoms with E-state index in [0.29, 0.717) is 45.4 Å². The fraction of sp³-hybridized carbons (Fsp3) is 0.320. The zero-order chi connectivity index (χ0) is 24.1. The van der Waals surface area contributed by atoms with Gasteiger partial charge in [0.25, 0.3) is 0 Å². The Hall–Kier alpha value is -2.83. The number of amides is 1. The zero-order valence-electron chi connectivity index (χ0n) is 18.8. The number of nitrogens with one attached hydrogen (secondary N) is 1. The Bertz CT molecular complexity index is 1220. The summed E-state index contributed by atoms with van der Waals surface area (Å²) in [6.07, 6.45) is 0.949. The van der Waals surface area contributed by atoms with Crippen molar-refractivity contribution in [1.29, 1.82) is 0 Å². The Morgan fingerprint density at radius 1 is 1.12 bits per heavy atom. The second-order valence-corrected chi connectivity index (χ2v) is 9.98. The fourth-order valence-corrected chi connectivity index (χ4v) is 5.16. The van der Waals surface area contributed by atoms with Crippen LogP contribution in [0.2, 0.25) is 10.0 Å². The molecule has 172 valence electrons. The lowest BCUT2D eigenvalue weighted by atomic mass is 9.73. The third-order valence-electron chi connectivity index (χ3n) is 6.01. The van der Waals surface area contributed by atoms with Crippen LogP contribution in [0.4, 0.5) is 11.4 Å². The van der Waals surface area contributed by atoms with E-state index in [1.54, 1.807) is 36.4 Å². The standard InChI is InChI=1S/C25H24Cl2N2O4/c1-13(30)29-20-9-14(24(32)33-4)5-8-18(20)28-19-11-25(2,3)12-21(31)22(19)23(29)16-7-6-15(26)10-17(16)27/h5-10,23,28H,11-12H2,1-4H3. The summed E-state index contributed by atoms with van der Waals surface area (Å²) in [4.78, 5) is 40.4. The normalized spacial score (nSPS) is 19.3. The summed E-state index contributed by atoms with van der Waals surface area (Å²) in [5, 5.41) is 4.18. The molecule has 1 amide bonds. The minimum atomic E-state index is -0.785. The number of Topliss-reactive ketones (excluding diaryl/α,β-unsaturated/α-hetero) is 1. The average Bonchev–Trinajstić information content (AvgIpc) is 2.85. The molecule has 1 atom stereocenters. The third-order valence-corrected chi connectivity index (χ3v) is 6.57. The van der Waals surface area contributed by atoms with Crippen molar-refractivity contribution in [3.8, 4) is 0 Å². The molecule has 4 rings (SSSR count). The van der Waals surface area contributed by atoms with Crippen LogP contribution in [-0.2, 0) is 14.3 Å². The number of carbonyl (C=O) groups is 3. The van der Waals surface area contributed by atoms with Gasteiger partial charge in [0.05, 0.1) is 30.1 Å². The molecular formula is C25H24Cl2N2O4. The van der Waals surface area contributed by atoms with E-state index in [1.165, 1.54) is 18.9 Å². The maximum atomic E-state index is 13.5. The first kappa shape index (κ1) is 23.3. The Labute approximate surface area is 202 Å². The number of methoxy groups -OCH3 is 1. The number of fused-ring (bicyclic) bond motifs is 1. The predicted molar refractivity (Wildman–Crippen MR) is 129 cm³/mol. The molecule has 2 aromatic rings. The fourth-order valence-electron chi connectivity index (χ4n) is 4.64. The molecule has 0 fully saturated rings. The Morgan fingerprint density at radius 2 is 1.85 bits per heavy atom. The zero-order valence-corrected chi connectivity index (χ0v) is 20.3. The number of rotatable bonds is 2. The third kappa shape index (κ3) is 4.25. The van der Waals surface area contributed by atoms with E-state index in [0.717, 1.165) is 5.70 Å². The predicted octanol–water partition coefficient (Wildman–Crippen LogP) is 5.94. The van der Waals surface area contributed by atoms with Gasteiger partial charge in [0.1, 0.15) is 0 Å². The lowest BCUT2D eigenvalue weighted by molar-refractivity contribution is -0.118. The molecule has 2 aliphatic rings. The Morgan fingerprint density at radius 3 is 2.48 bits per heavy atom.